The van der Waals surface area contributed by atoms with Gasteiger partial charge in [-0.2, -0.15) is 0 Å². The van der Waals surface area contributed by atoms with Gasteiger partial charge in [0.05, 0.1) is 6.10 Å². The van der Waals surface area contributed by atoms with E-state index in [2.05, 4.69) is 82.3 Å². The van der Waals surface area contributed by atoms with Crippen LogP contribution in [0.5, 0.6) is 0 Å². The summed E-state index contributed by atoms with van der Waals surface area (Å²) in [5.74, 6) is 0.0774. The third-order valence-corrected chi connectivity index (χ3v) is 17.4. The Hall–Kier alpha value is 0.0238. The van der Waals surface area contributed by atoms with Gasteiger partial charge in [0.1, 0.15) is 6.29 Å². The lowest BCUT2D eigenvalue weighted by Gasteiger charge is -2.47. The van der Waals surface area contributed by atoms with Crippen molar-refractivity contribution in [1.29, 1.82) is 0 Å². The number of hydrogen-bond acceptors (Lipinski definition) is 3. The Kier molecular flexibility index (Phi) is 10.2. The van der Waals surface area contributed by atoms with Gasteiger partial charge >= 0.3 is 0 Å². The third-order valence-electron chi connectivity index (χ3n) is 6.85. The summed E-state index contributed by atoms with van der Waals surface area (Å²) >= 11 is 0. The Bertz CT molecular complexity index is 431. The number of rotatable bonds is 11. The molecule has 3 atom stereocenters. The summed E-state index contributed by atoms with van der Waals surface area (Å²) < 4.78 is 13.5. The topological polar surface area (TPSA) is 35.5 Å². The van der Waals surface area contributed by atoms with E-state index in [9.17, 15) is 4.79 Å². The average Bonchev–Trinajstić information content (AvgIpc) is 2.50. The summed E-state index contributed by atoms with van der Waals surface area (Å²) in [4.78, 5) is 11.7. The lowest BCUT2D eigenvalue weighted by molar-refractivity contribution is -0.114. The molecule has 0 aromatic carbocycles. The van der Waals surface area contributed by atoms with Crippen LogP contribution in [0.4, 0.5) is 0 Å². The first kappa shape index (κ1) is 27.0. The molecule has 0 rings (SSSR count). The van der Waals surface area contributed by atoms with E-state index in [4.69, 9.17) is 8.85 Å². The second-order valence-electron chi connectivity index (χ2n) is 10.9. The van der Waals surface area contributed by atoms with Crippen LogP contribution in [0.25, 0.3) is 0 Å². The van der Waals surface area contributed by atoms with E-state index >= 15 is 0 Å². The first-order valence-electron chi connectivity index (χ1n) is 10.8. The second-order valence-corrected chi connectivity index (χ2v) is 21.2. The van der Waals surface area contributed by atoms with Crippen molar-refractivity contribution in [2.45, 2.75) is 117 Å². The number of carbonyl (C=O) groups excluding carboxylic acids is 1. The van der Waals surface area contributed by atoms with Crippen LogP contribution < -0.4 is 0 Å². The molecule has 0 amide bonds. The first-order chi connectivity index (χ1) is 12.0. The van der Waals surface area contributed by atoms with Gasteiger partial charge in [-0.05, 0) is 34.8 Å². The highest BCUT2D eigenvalue weighted by atomic mass is 28.4. The maximum Gasteiger partial charge on any atom is 0.200 e. The third kappa shape index (κ3) is 6.51. The van der Waals surface area contributed by atoms with Crippen molar-refractivity contribution in [1.82, 2.24) is 0 Å². The molecular formula is C22H48O3Si2. The minimum Gasteiger partial charge on any atom is -0.416 e. The molecule has 0 aromatic heterocycles. The molecule has 162 valence electrons. The first-order valence-corrected chi connectivity index (χ1v) is 15.9. The molecule has 0 spiro atoms. The maximum atomic E-state index is 11.7. The molecule has 0 aromatic rings. The van der Waals surface area contributed by atoms with Gasteiger partial charge in [-0.15, -0.1) is 0 Å². The van der Waals surface area contributed by atoms with Crippen molar-refractivity contribution in [3.8, 4) is 0 Å². The molecule has 0 saturated heterocycles. The summed E-state index contributed by atoms with van der Waals surface area (Å²) in [5, 5.41) is 0.186. The normalized spacial score (nSPS) is 17.5. The van der Waals surface area contributed by atoms with E-state index in [1.807, 2.05) is 6.92 Å². The van der Waals surface area contributed by atoms with Gasteiger partial charge in [-0.1, -0.05) is 76.2 Å². The Labute approximate surface area is 172 Å². The fourth-order valence-electron chi connectivity index (χ4n) is 4.11. The molecule has 0 radical (unpaired) electrons. The van der Waals surface area contributed by atoms with Gasteiger partial charge in [-0.3, -0.25) is 0 Å². The van der Waals surface area contributed by atoms with Gasteiger partial charge in [0.15, 0.2) is 8.32 Å². The summed E-state index contributed by atoms with van der Waals surface area (Å²) in [6.07, 6.45) is 0.985. The molecule has 0 aliphatic heterocycles. The summed E-state index contributed by atoms with van der Waals surface area (Å²) in [5.41, 5.74) is 1.52. The predicted molar refractivity (Wildman–Crippen MR) is 123 cm³/mol. The van der Waals surface area contributed by atoms with Crippen molar-refractivity contribution in [2.24, 2.45) is 11.8 Å². The Balaban J connectivity index is 5.64. The van der Waals surface area contributed by atoms with Crippen LogP contribution >= 0.6 is 0 Å². The lowest BCUT2D eigenvalue weighted by Crippen LogP contribution is -2.53. The fourth-order valence-corrected chi connectivity index (χ4v) is 11.0. The smallest absolute Gasteiger partial charge is 0.200 e. The molecule has 0 aliphatic rings. The number of hydrogen-bond donors (Lipinski definition) is 0. The standard InChI is InChI=1S/C22H48O3Si2/c1-16(2)27(17(3)4,18(5)6)25-21(19(7)14-23)20(8)15-24-26(12,13)22(9,10)11/h14,16-21H,15H2,1-13H3/t19-,20-,21+/m0/s1. The molecule has 0 aliphatic carbocycles. The van der Waals surface area contributed by atoms with Crippen LogP contribution in [-0.2, 0) is 13.6 Å². The van der Waals surface area contributed by atoms with E-state index in [1.165, 1.54) is 0 Å². The number of carbonyl (C=O) groups is 1. The van der Waals surface area contributed by atoms with Crippen molar-refractivity contribution < 1.29 is 13.6 Å². The van der Waals surface area contributed by atoms with Crippen LogP contribution in [0.2, 0.25) is 34.8 Å². The molecule has 0 bridgehead atoms. The Morgan fingerprint density at radius 3 is 1.56 bits per heavy atom. The molecule has 27 heavy (non-hydrogen) atoms. The van der Waals surface area contributed by atoms with Crippen molar-refractivity contribution in [3.05, 3.63) is 0 Å². The maximum absolute atomic E-state index is 11.7. The van der Waals surface area contributed by atoms with Gasteiger partial charge in [-0.25, -0.2) is 0 Å². The summed E-state index contributed by atoms with van der Waals surface area (Å²) in [6.45, 7) is 30.0. The zero-order valence-corrected chi connectivity index (χ0v) is 22.5. The second kappa shape index (κ2) is 10.2. The quantitative estimate of drug-likeness (QED) is 0.267. The average molecular weight is 417 g/mol. The molecule has 0 N–H and O–H groups in total. The van der Waals surface area contributed by atoms with Crippen LogP contribution in [0.1, 0.15) is 76.2 Å². The summed E-state index contributed by atoms with van der Waals surface area (Å²) in [7, 11) is -3.86. The minimum absolute atomic E-state index is 0.0777. The summed E-state index contributed by atoms with van der Waals surface area (Å²) in [6, 6.07) is 0. The van der Waals surface area contributed by atoms with Gasteiger partial charge < -0.3 is 13.6 Å². The predicted octanol–water partition coefficient (Wildman–Crippen LogP) is 7.04. The lowest BCUT2D eigenvalue weighted by atomic mass is 9.95. The van der Waals surface area contributed by atoms with E-state index in [0.717, 1.165) is 6.29 Å². The van der Waals surface area contributed by atoms with E-state index < -0.39 is 16.6 Å². The Morgan fingerprint density at radius 1 is 0.852 bits per heavy atom. The highest BCUT2D eigenvalue weighted by molar-refractivity contribution is 6.77. The van der Waals surface area contributed by atoms with E-state index in [1.54, 1.807) is 0 Å². The van der Waals surface area contributed by atoms with Crippen molar-refractivity contribution in [3.63, 3.8) is 0 Å². The van der Waals surface area contributed by atoms with Crippen LogP contribution in [-0.4, -0.2) is 35.6 Å². The van der Waals surface area contributed by atoms with Crippen LogP contribution in [0.15, 0.2) is 0 Å². The molecule has 0 saturated carbocycles. The molecular weight excluding hydrogens is 368 g/mol. The molecule has 5 heteroatoms. The minimum atomic E-state index is -2.05. The number of aldehydes is 1. The van der Waals surface area contributed by atoms with E-state index in [-0.39, 0.29) is 23.0 Å². The zero-order valence-electron chi connectivity index (χ0n) is 20.5. The zero-order chi connectivity index (χ0) is 21.8. The van der Waals surface area contributed by atoms with Gasteiger partial charge in [0.25, 0.3) is 0 Å². The fraction of sp³-hybridized carbons (Fsp3) is 0.955. The van der Waals surface area contributed by atoms with Gasteiger partial charge in [0.2, 0.25) is 8.32 Å². The highest BCUT2D eigenvalue weighted by Gasteiger charge is 2.48. The molecule has 0 fully saturated rings. The monoisotopic (exact) mass is 416 g/mol. The largest absolute Gasteiger partial charge is 0.416 e. The molecule has 3 nitrogen and oxygen atoms in total. The Morgan fingerprint density at radius 2 is 1.26 bits per heavy atom. The molecule has 0 unspecified atom stereocenters. The highest BCUT2D eigenvalue weighted by Crippen LogP contribution is 2.44. The SMILES string of the molecule is CC(C)[Si](O[C@H]([C@@H](C)C=O)[C@@H](C)CO[Si](C)(C)C(C)(C)C)(C(C)C)C(C)C. The van der Waals surface area contributed by atoms with E-state index in [0.29, 0.717) is 23.2 Å². The molecule has 0 heterocycles. The van der Waals surface area contributed by atoms with Crippen molar-refractivity contribution >= 4 is 22.9 Å². The van der Waals surface area contributed by atoms with Gasteiger partial charge in [0, 0.05) is 18.4 Å². The van der Waals surface area contributed by atoms with Crippen LogP contribution in [0, 0.1) is 11.8 Å². The van der Waals surface area contributed by atoms with Crippen LogP contribution in [0.3, 0.4) is 0 Å². The van der Waals surface area contributed by atoms with Crippen molar-refractivity contribution in [2.75, 3.05) is 6.61 Å².